The van der Waals surface area contributed by atoms with Crippen molar-refractivity contribution in [3.63, 3.8) is 0 Å². The summed E-state index contributed by atoms with van der Waals surface area (Å²) in [5.74, 6) is 0.804. The fraction of sp³-hybridized carbons (Fsp3) is 0.188. The van der Waals surface area contributed by atoms with E-state index in [1.165, 1.54) is 0 Å². The molecule has 2 rings (SSSR count). The average Bonchev–Trinajstić information content (AvgIpc) is 2.52. The van der Waals surface area contributed by atoms with Gasteiger partial charge in [0.25, 0.3) is 0 Å². The van der Waals surface area contributed by atoms with Crippen LogP contribution >= 0.6 is 15.9 Å². The average molecular weight is 334 g/mol. The van der Waals surface area contributed by atoms with Crippen molar-refractivity contribution in [2.75, 3.05) is 5.33 Å². The van der Waals surface area contributed by atoms with Gasteiger partial charge >= 0.3 is 0 Å². The predicted molar refractivity (Wildman–Crippen MR) is 82.9 cm³/mol. The molecule has 0 heterocycles. The summed E-state index contributed by atoms with van der Waals surface area (Å²) in [7, 11) is 0. The predicted octanol–water partition coefficient (Wildman–Crippen LogP) is 3.28. The Labute approximate surface area is 127 Å². The molecule has 3 nitrogen and oxygen atoms in total. The monoisotopic (exact) mass is 333 g/mol. The third-order valence-electron chi connectivity index (χ3n) is 2.78. The number of carbonyl (C=O) groups excluding carboxylic acids is 1. The van der Waals surface area contributed by atoms with Gasteiger partial charge in [-0.15, -0.1) is 0 Å². The van der Waals surface area contributed by atoms with Crippen LogP contribution in [0.25, 0.3) is 0 Å². The zero-order chi connectivity index (χ0) is 14.2. The Morgan fingerprint density at radius 2 is 1.70 bits per heavy atom. The SMILES string of the molecule is O=C(CBr)NCc1ccc(OCc2ccccc2)cc1. The van der Waals surface area contributed by atoms with Gasteiger partial charge in [0.2, 0.25) is 5.91 Å². The van der Waals surface area contributed by atoms with Crippen LogP contribution < -0.4 is 10.1 Å². The Hall–Kier alpha value is -1.81. The molecular weight excluding hydrogens is 318 g/mol. The van der Waals surface area contributed by atoms with Gasteiger partial charge in [0.05, 0.1) is 5.33 Å². The van der Waals surface area contributed by atoms with Gasteiger partial charge in [-0.3, -0.25) is 4.79 Å². The normalized spacial score (nSPS) is 10.1. The van der Waals surface area contributed by atoms with Gasteiger partial charge in [-0.05, 0) is 23.3 Å². The molecule has 0 unspecified atom stereocenters. The van der Waals surface area contributed by atoms with Gasteiger partial charge in [-0.25, -0.2) is 0 Å². The maximum absolute atomic E-state index is 11.1. The van der Waals surface area contributed by atoms with Crippen molar-refractivity contribution < 1.29 is 9.53 Å². The lowest BCUT2D eigenvalue weighted by molar-refractivity contribution is -0.118. The first kappa shape index (κ1) is 14.6. The molecule has 0 radical (unpaired) electrons. The largest absolute Gasteiger partial charge is 0.489 e. The van der Waals surface area contributed by atoms with Crippen LogP contribution in [-0.2, 0) is 17.9 Å². The van der Waals surface area contributed by atoms with Gasteiger partial charge in [0.1, 0.15) is 12.4 Å². The van der Waals surface area contributed by atoms with Crippen molar-refractivity contribution in [3.05, 3.63) is 65.7 Å². The molecule has 0 aliphatic heterocycles. The highest BCUT2D eigenvalue weighted by molar-refractivity contribution is 9.09. The summed E-state index contributed by atoms with van der Waals surface area (Å²) in [5.41, 5.74) is 2.19. The minimum Gasteiger partial charge on any atom is -0.489 e. The zero-order valence-corrected chi connectivity index (χ0v) is 12.6. The maximum Gasteiger partial charge on any atom is 0.230 e. The number of benzene rings is 2. The van der Waals surface area contributed by atoms with Crippen molar-refractivity contribution in [2.24, 2.45) is 0 Å². The fourth-order valence-corrected chi connectivity index (χ4v) is 1.89. The third kappa shape index (κ3) is 4.70. The second kappa shape index (κ2) is 7.70. The maximum atomic E-state index is 11.1. The first-order chi connectivity index (χ1) is 9.78. The number of hydrogen-bond acceptors (Lipinski definition) is 2. The number of carbonyl (C=O) groups is 1. The van der Waals surface area contributed by atoms with Crippen molar-refractivity contribution in [1.82, 2.24) is 5.32 Å². The molecule has 104 valence electrons. The van der Waals surface area contributed by atoms with Crippen LogP contribution in [0.3, 0.4) is 0 Å². The van der Waals surface area contributed by atoms with Crippen LogP contribution in [0.4, 0.5) is 0 Å². The Morgan fingerprint density at radius 1 is 1.00 bits per heavy atom. The molecule has 2 aromatic carbocycles. The molecular formula is C16H16BrNO2. The third-order valence-corrected chi connectivity index (χ3v) is 3.29. The molecule has 0 aliphatic rings. The van der Waals surface area contributed by atoms with E-state index in [0.29, 0.717) is 18.5 Å². The highest BCUT2D eigenvalue weighted by Crippen LogP contribution is 2.14. The van der Waals surface area contributed by atoms with E-state index in [9.17, 15) is 4.79 Å². The standard InChI is InChI=1S/C16H16BrNO2/c17-10-16(19)18-11-13-6-8-15(9-7-13)20-12-14-4-2-1-3-5-14/h1-9H,10-12H2,(H,18,19). The van der Waals surface area contributed by atoms with E-state index in [1.807, 2.05) is 54.6 Å². The van der Waals surface area contributed by atoms with Crippen LogP contribution in [0.15, 0.2) is 54.6 Å². The van der Waals surface area contributed by atoms with Crippen LogP contribution in [0, 0.1) is 0 Å². The molecule has 0 bridgehead atoms. The summed E-state index contributed by atoms with van der Waals surface area (Å²) in [6, 6.07) is 17.8. The van der Waals surface area contributed by atoms with Gasteiger partial charge in [-0.2, -0.15) is 0 Å². The summed E-state index contributed by atoms with van der Waals surface area (Å²) >= 11 is 3.11. The highest BCUT2D eigenvalue weighted by atomic mass is 79.9. The Morgan fingerprint density at radius 3 is 2.35 bits per heavy atom. The number of alkyl halides is 1. The van der Waals surface area contributed by atoms with E-state index >= 15 is 0 Å². The number of rotatable bonds is 6. The molecule has 0 saturated carbocycles. The lowest BCUT2D eigenvalue weighted by atomic mass is 10.2. The number of amides is 1. The molecule has 0 aliphatic carbocycles. The second-order valence-electron chi connectivity index (χ2n) is 4.33. The molecule has 0 fully saturated rings. The van der Waals surface area contributed by atoms with Crippen molar-refractivity contribution >= 4 is 21.8 Å². The lowest BCUT2D eigenvalue weighted by Gasteiger charge is -2.08. The van der Waals surface area contributed by atoms with Gasteiger partial charge < -0.3 is 10.1 Å². The molecule has 0 aromatic heterocycles. The number of halogens is 1. The van der Waals surface area contributed by atoms with Gasteiger partial charge in [0, 0.05) is 6.54 Å². The van der Waals surface area contributed by atoms with E-state index in [0.717, 1.165) is 16.9 Å². The minimum absolute atomic E-state index is 0.0191. The van der Waals surface area contributed by atoms with E-state index in [1.54, 1.807) is 0 Å². The molecule has 0 spiro atoms. The quantitative estimate of drug-likeness (QED) is 0.824. The number of ether oxygens (including phenoxy) is 1. The molecule has 4 heteroatoms. The lowest BCUT2D eigenvalue weighted by Crippen LogP contribution is -2.23. The van der Waals surface area contributed by atoms with E-state index in [4.69, 9.17) is 4.74 Å². The van der Waals surface area contributed by atoms with Crippen molar-refractivity contribution in [2.45, 2.75) is 13.2 Å². The van der Waals surface area contributed by atoms with Crippen molar-refractivity contribution in [1.29, 1.82) is 0 Å². The first-order valence-electron chi connectivity index (χ1n) is 6.36. The van der Waals surface area contributed by atoms with E-state index in [-0.39, 0.29) is 5.91 Å². The summed E-state index contributed by atoms with van der Waals surface area (Å²) in [6.07, 6.45) is 0. The fourth-order valence-electron chi connectivity index (χ4n) is 1.69. The molecule has 0 atom stereocenters. The van der Waals surface area contributed by atoms with Crippen LogP contribution in [0.5, 0.6) is 5.75 Å². The summed E-state index contributed by atoms with van der Waals surface area (Å²) in [5, 5.41) is 3.12. The Kier molecular flexibility index (Phi) is 5.62. The van der Waals surface area contributed by atoms with Crippen LogP contribution in [0.2, 0.25) is 0 Å². The Bertz CT molecular complexity index is 540. The molecule has 1 amide bonds. The number of nitrogens with one attached hydrogen (secondary N) is 1. The van der Waals surface area contributed by atoms with Gasteiger partial charge in [0.15, 0.2) is 0 Å². The summed E-state index contributed by atoms with van der Waals surface area (Å²) < 4.78 is 5.70. The topological polar surface area (TPSA) is 38.3 Å². The van der Waals surface area contributed by atoms with E-state index < -0.39 is 0 Å². The van der Waals surface area contributed by atoms with Crippen molar-refractivity contribution in [3.8, 4) is 5.75 Å². The second-order valence-corrected chi connectivity index (χ2v) is 4.89. The van der Waals surface area contributed by atoms with Crippen LogP contribution in [0.1, 0.15) is 11.1 Å². The van der Waals surface area contributed by atoms with Gasteiger partial charge in [-0.1, -0.05) is 58.4 Å². The van der Waals surface area contributed by atoms with Crippen LogP contribution in [-0.4, -0.2) is 11.2 Å². The minimum atomic E-state index is -0.0191. The molecule has 0 saturated heterocycles. The molecule has 20 heavy (non-hydrogen) atoms. The smallest absolute Gasteiger partial charge is 0.230 e. The molecule has 2 aromatic rings. The summed E-state index contributed by atoms with van der Waals surface area (Å²) in [4.78, 5) is 11.1. The van der Waals surface area contributed by atoms with E-state index in [2.05, 4.69) is 21.2 Å². The first-order valence-corrected chi connectivity index (χ1v) is 7.48. The molecule has 1 N–H and O–H groups in total. The highest BCUT2D eigenvalue weighted by Gasteiger charge is 1.99. The Balaban J connectivity index is 1.84. The zero-order valence-electron chi connectivity index (χ0n) is 11.0. The summed E-state index contributed by atoms with van der Waals surface area (Å²) in [6.45, 7) is 1.09. The number of hydrogen-bond donors (Lipinski definition) is 1.